The summed E-state index contributed by atoms with van der Waals surface area (Å²) in [7, 11) is 1.88. The van der Waals surface area contributed by atoms with Crippen LogP contribution in [0.2, 0.25) is 0 Å². The summed E-state index contributed by atoms with van der Waals surface area (Å²) in [6, 6.07) is 1.91. The first-order chi connectivity index (χ1) is 6.77. The van der Waals surface area contributed by atoms with Gasteiger partial charge in [-0.05, 0) is 36.3 Å². The Bertz CT molecular complexity index is 294. The lowest BCUT2D eigenvalue weighted by Crippen LogP contribution is -2.19. The highest BCUT2D eigenvalue weighted by Crippen LogP contribution is 2.32. The molecule has 1 aliphatic heterocycles. The fraction of sp³-hybridized carbons (Fsp3) is 0.700. The van der Waals surface area contributed by atoms with Gasteiger partial charge in [-0.25, -0.2) is 0 Å². The maximum Gasteiger partial charge on any atom is 0.101 e. The highest BCUT2D eigenvalue weighted by atomic mass is 32.2. The number of thioether (sulfide) groups is 1. The lowest BCUT2D eigenvalue weighted by atomic mass is 9.96. The van der Waals surface area contributed by atoms with Crippen molar-refractivity contribution < 1.29 is 5.11 Å². The maximum absolute atomic E-state index is 10.1. The van der Waals surface area contributed by atoms with Crippen molar-refractivity contribution in [1.82, 2.24) is 9.78 Å². The zero-order chi connectivity index (χ0) is 9.97. The average Bonchev–Trinajstić information content (AvgIpc) is 2.65. The summed E-state index contributed by atoms with van der Waals surface area (Å²) in [6.45, 7) is 0. The monoisotopic (exact) mass is 212 g/mol. The molecule has 78 valence electrons. The molecule has 1 fully saturated rings. The van der Waals surface area contributed by atoms with E-state index in [4.69, 9.17) is 0 Å². The highest BCUT2D eigenvalue weighted by Gasteiger charge is 2.24. The summed E-state index contributed by atoms with van der Waals surface area (Å²) in [5.41, 5.74) is 0.819. The van der Waals surface area contributed by atoms with Gasteiger partial charge in [-0.2, -0.15) is 16.9 Å². The zero-order valence-corrected chi connectivity index (χ0v) is 9.20. The van der Waals surface area contributed by atoms with Crippen molar-refractivity contribution in [2.75, 3.05) is 11.5 Å². The van der Waals surface area contributed by atoms with Gasteiger partial charge < -0.3 is 5.11 Å². The van der Waals surface area contributed by atoms with E-state index in [1.54, 1.807) is 4.68 Å². The predicted octanol–water partition coefficient (Wildman–Crippen LogP) is 1.60. The third-order valence-corrected chi connectivity index (χ3v) is 3.92. The molecule has 0 aliphatic carbocycles. The minimum absolute atomic E-state index is 0.371. The van der Waals surface area contributed by atoms with Crippen LogP contribution >= 0.6 is 11.8 Å². The average molecular weight is 212 g/mol. The number of aromatic nitrogens is 2. The van der Waals surface area contributed by atoms with Crippen molar-refractivity contribution in [3.8, 4) is 0 Å². The molecule has 3 nitrogen and oxygen atoms in total. The van der Waals surface area contributed by atoms with Gasteiger partial charge in [0.25, 0.3) is 0 Å². The molecular weight excluding hydrogens is 196 g/mol. The van der Waals surface area contributed by atoms with Gasteiger partial charge in [0.05, 0.1) is 5.69 Å². The van der Waals surface area contributed by atoms with Gasteiger partial charge >= 0.3 is 0 Å². The molecule has 0 aromatic carbocycles. The molecule has 14 heavy (non-hydrogen) atoms. The molecule has 1 aromatic rings. The zero-order valence-electron chi connectivity index (χ0n) is 8.39. The Balaban J connectivity index is 2.03. The van der Waals surface area contributed by atoms with E-state index in [2.05, 4.69) is 5.10 Å². The second-order valence-corrected chi connectivity index (χ2v) is 4.99. The molecule has 2 heterocycles. The second-order valence-electron chi connectivity index (χ2n) is 3.84. The molecule has 2 unspecified atom stereocenters. The van der Waals surface area contributed by atoms with Crippen LogP contribution in [0.4, 0.5) is 0 Å². The standard InChI is InChI=1S/C10H16N2OS/c1-12-5-4-9(11-12)10(13)8-3-2-6-14-7-8/h4-5,8,10,13H,2-3,6-7H2,1H3. The summed E-state index contributed by atoms with van der Waals surface area (Å²) in [4.78, 5) is 0. The molecule has 1 aromatic heterocycles. The predicted molar refractivity (Wildman–Crippen MR) is 58.2 cm³/mol. The number of aliphatic hydroxyl groups excluding tert-OH is 1. The topological polar surface area (TPSA) is 38.0 Å². The summed E-state index contributed by atoms with van der Waals surface area (Å²) < 4.78 is 1.74. The minimum atomic E-state index is -0.371. The number of hydrogen-bond donors (Lipinski definition) is 1. The first kappa shape index (κ1) is 10.1. The molecule has 1 N–H and O–H groups in total. The Morgan fingerprint density at radius 2 is 2.57 bits per heavy atom. The summed E-state index contributed by atoms with van der Waals surface area (Å²) >= 11 is 1.94. The van der Waals surface area contributed by atoms with E-state index in [1.807, 2.05) is 31.1 Å². The third-order valence-electron chi connectivity index (χ3n) is 2.68. The third kappa shape index (κ3) is 2.12. The Morgan fingerprint density at radius 1 is 1.71 bits per heavy atom. The van der Waals surface area contributed by atoms with E-state index in [1.165, 1.54) is 12.2 Å². The normalized spacial score (nSPS) is 24.9. The first-order valence-corrected chi connectivity index (χ1v) is 6.18. The lowest BCUT2D eigenvalue weighted by molar-refractivity contribution is 0.108. The largest absolute Gasteiger partial charge is 0.386 e. The van der Waals surface area contributed by atoms with Gasteiger partial charge in [0.15, 0.2) is 0 Å². The van der Waals surface area contributed by atoms with Crippen LogP contribution in [0.15, 0.2) is 12.3 Å². The molecule has 0 saturated carbocycles. The second kappa shape index (κ2) is 4.36. The van der Waals surface area contributed by atoms with Crippen LogP contribution in [-0.2, 0) is 7.05 Å². The smallest absolute Gasteiger partial charge is 0.101 e. The number of aliphatic hydroxyl groups is 1. The maximum atomic E-state index is 10.1. The number of hydrogen-bond acceptors (Lipinski definition) is 3. The fourth-order valence-corrected chi connectivity index (χ4v) is 3.04. The molecule has 1 saturated heterocycles. The van der Waals surface area contributed by atoms with Crippen molar-refractivity contribution in [3.05, 3.63) is 18.0 Å². The van der Waals surface area contributed by atoms with Crippen molar-refractivity contribution in [2.45, 2.75) is 18.9 Å². The summed E-state index contributed by atoms with van der Waals surface area (Å²) in [6.07, 6.45) is 3.86. The van der Waals surface area contributed by atoms with Gasteiger partial charge in [0.2, 0.25) is 0 Å². The van der Waals surface area contributed by atoms with Crippen LogP contribution in [0.25, 0.3) is 0 Å². The van der Waals surface area contributed by atoms with Crippen LogP contribution < -0.4 is 0 Å². The van der Waals surface area contributed by atoms with E-state index in [0.29, 0.717) is 5.92 Å². The van der Waals surface area contributed by atoms with Crippen LogP contribution in [-0.4, -0.2) is 26.4 Å². The van der Waals surface area contributed by atoms with Crippen molar-refractivity contribution in [3.63, 3.8) is 0 Å². The number of rotatable bonds is 2. The minimum Gasteiger partial charge on any atom is -0.386 e. The van der Waals surface area contributed by atoms with Crippen LogP contribution in [0.1, 0.15) is 24.6 Å². The number of aryl methyl sites for hydroxylation is 1. The molecule has 0 spiro atoms. The number of nitrogens with zero attached hydrogens (tertiary/aromatic N) is 2. The molecule has 2 atom stereocenters. The van der Waals surface area contributed by atoms with Crippen LogP contribution in [0, 0.1) is 5.92 Å². The van der Waals surface area contributed by atoms with Crippen LogP contribution in [0.3, 0.4) is 0 Å². The van der Waals surface area contributed by atoms with Gasteiger partial charge in [0, 0.05) is 13.2 Å². The SMILES string of the molecule is Cn1ccc(C(O)C2CCCSC2)n1. The fourth-order valence-electron chi connectivity index (χ4n) is 1.85. The van der Waals surface area contributed by atoms with E-state index in [-0.39, 0.29) is 6.10 Å². The molecule has 0 radical (unpaired) electrons. The Hall–Kier alpha value is -0.480. The lowest BCUT2D eigenvalue weighted by Gasteiger charge is -2.24. The van der Waals surface area contributed by atoms with Crippen molar-refractivity contribution in [1.29, 1.82) is 0 Å². The highest BCUT2D eigenvalue weighted by molar-refractivity contribution is 7.99. The van der Waals surface area contributed by atoms with E-state index < -0.39 is 0 Å². The Kier molecular flexibility index (Phi) is 3.13. The van der Waals surface area contributed by atoms with Crippen molar-refractivity contribution in [2.24, 2.45) is 13.0 Å². The quantitative estimate of drug-likeness (QED) is 0.809. The Morgan fingerprint density at radius 3 is 3.14 bits per heavy atom. The van der Waals surface area contributed by atoms with Gasteiger partial charge in [-0.1, -0.05) is 0 Å². The van der Waals surface area contributed by atoms with Gasteiger partial charge in [-0.15, -0.1) is 0 Å². The van der Waals surface area contributed by atoms with E-state index >= 15 is 0 Å². The molecule has 4 heteroatoms. The van der Waals surface area contributed by atoms with Gasteiger partial charge in [0.1, 0.15) is 6.10 Å². The van der Waals surface area contributed by atoms with Gasteiger partial charge in [-0.3, -0.25) is 4.68 Å². The molecule has 2 rings (SSSR count). The van der Waals surface area contributed by atoms with E-state index in [0.717, 1.165) is 17.9 Å². The molecule has 0 bridgehead atoms. The van der Waals surface area contributed by atoms with Crippen molar-refractivity contribution >= 4 is 11.8 Å². The van der Waals surface area contributed by atoms with E-state index in [9.17, 15) is 5.11 Å². The molecular formula is C10H16N2OS. The van der Waals surface area contributed by atoms with Crippen LogP contribution in [0.5, 0.6) is 0 Å². The molecule has 1 aliphatic rings. The first-order valence-electron chi connectivity index (χ1n) is 5.03. The summed E-state index contributed by atoms with van der Waals surface area (Å²) in [5, 5.41) is 14.3. The summed E-state index contributed by atoms with van der Waals surface area (Å²) in [5.74, 6) is 2.70. The Labute approximate surface area is 88.5 Å². The molecule has 0 amide bonds.